The van der Waals surface area contributed by atoms with Crippen LogP contribution < -0.4 is 5.73 Å². The van der Waals surface area contributed by atoms with Gasteiger partial charge in [-0.2, -0.15) is 0 Å². The van der Waals surface area contributed by atoms with Crippen molar-refractivity contribution in [3.05, 3.63) is 35.4 Å². The largest absolute Gasteiger partial charge is 0.459 e. The van der Waals surface area contributed by atoms with Crippen LogP contribution in [0.1, 0.15) is 43.1 Å². The third kappa shape index (κ3) is 4.88. The van der Waals surface area contributed by atoms with Crippen LogP contribution in [0.4, 0.5) is 0 Å². The van der Waals surface area contributed by atoms with Crippen LogP contribution in [0.5, 0.6) is 0 Å². The molecular formula is C15H23NO2. The molecule has 18 heavy (non-hydrogen) atoms. The van der Waals surface area contributed by atoms with Crippen molar-refractivity contribution < 1.29 is 9.53 Å². The zero-order valence-electron chi connectivity index (χ0n) is 11.5. The number of hydrogen-bond acceptors (Lipinski definition) is 3. The highest BCUT2D eigenvalue weighted by Crippen LogP contribution is 2.12. The van der Waals surface area contributed by atoms with Crippen molar-refractivity contribution in [2.45, 2.75) is 39.7 Å². The third-order valence-electron chi connectivity index (χ3n) is 2.71. The van der Waals surface area contributed by atoms with E-state index in [1.807, 2.05) is 25.1 Å². The van der Waals surface area contributed by atoms with Gasteiger partial charge in [0, 0.05) is 0 Å². The molecule has 0 saturated heterocycles. The molecule has 0 heterocycles. The third-order valence-corrected chi connectivity index (χ3v) is 2.71. The van der Waals surface area contributed by atoms with Gasteiger partial charge < -0.3 is 10.5 Å². The van der Waals surface area contributed by atoms with Crippen molar-refractivity contribution >= 4 is 5.97 Å². The lowest BCUT2D eigenvalue weighted by atomic mass is 10.1. The molecule has 1 rings (SSSR count). The summed E-state index contributed by atoms with van der Waals surface area (Å²) in [5, 5.41) is 0. The van der Waals surface area contributed by atoms with Gasteiger partial charge in [0.25, 0.3) is 0 Å². The second-order valence-electron chi connectivity index (χ2n) is 5.08. The van der Waals surface area contributed by atoms with Gasteiger partial charge in [0.1, 0.15) is 0 Å². The fourth-order valence-corrected chi connectivity index (χ4v) is 1.98. The van der Waals surface area contributed by atoms with Crippen LogP contribution in [-0.2, 0) is 11.2 Å². The first-order valence-corrected chi connectivity index (χ1v) is 6.53. The Morgan fingerprint density at radius 1 is 1.33 bits per heavy atom. The first-order valence-electron chi connectivity index (χ1n) is 6.53. The van der Waals surface area contributed by atoms with Crippen molar-refractivity contribution in [3.8, 4) is 0 Å². The Kier molecular flexibility index (Phi) is 5.86. The normalized spacial score (nSPS) is 12.5. The summed E-state index contributed by atoms with van der Waals surface area (Å²) in [6.07, 6.45) is 1.62. The molecule has 1 atom stereocenters. The van der Waals surface area contributed by atoms with Crippen molar-refractivity contribution in [2.24, 2.45) is 11.7 Å². The smallest absolute Gasteiger partial charge is 0.338 e. The Bertz CT molecular complexity index is 388. The topological polar surface area (TPSA) is 52.3 Å². The minimum absolute atomic E-state index is 0.0457. The summed E-state index contributed by atoms with van der Waals surface area (Å²) in [6, 6.07) is 7.48. The maximum atomic E-state index is 11.9. The van der Waals surface area contributed by atoms with Crippen molar-refractivity contribution in [3.63, 3.8) is 0 Å². The van der Waals surface area contributed by atoms with E-state index in [-0.39, 0.29) is 12.1 Å². The van der Waals surface area contributed by atoms with E-state index in [4.69, 9.17) is 10.5 Å². The minimum Gasteiger partial charge on any atom is -0.459 e. The Hall–Kier alpha value is -1.35. The number of ether oxygens (including phenoxy) is 1. The van der Waals surface area contributed by atoms with Gasteiger partial charge in [-0.25, -0.2) is 4.79 Å². The molecule has 1 aromatic rings. The van der Waals surface area contributed by atoms with E-state index in [1.54, 1.807) is 6.07 Å². The molecule has 0 saturated carbocycles. The number of rotatable bonds is 6. The first kappa shape index (κ1) is 14.7. The lowest BCUT2D eigenvalue weighted by Crippen LogP contribution is -2.17. The highest BCUT2D eigenvalue weighted by atomic mass is 16.5. The summed E-state index contributed by atoms with van der Waals surface area (Å²) in [5.74, 6) is 0.276. The molecule has 0 aliphatic rings. The van der Waals surface area contributed by atoms with Crippen LogP contribution >= 0.6 is 0 Å². The maximum Gasteiger partial charge on any atom is 0.338 e. The molecule has 0 spiro atoms. The maximum absolute atomic E-state index is 11.9. The Morgan fingerprint density at radius 2 is 2.06 bits per heavy atom. The van der Waals surface area contributed by atoms with E-state index < -0.39 is 0 Å². The fourth-order valence-electron chi connectivity index (χ4n) is 1.98. The van der Waals surface area contributed by atoms with Crippen molar-refractivity contribution in [1.29, 1.82) is 0 Å². The lowest BCUT2D eigenvalue weighted by molar-refractivity contribution is 0.0299. The number of carbonyl (C=O) groups is 1. The lowest BCUT2D eigenvalue weighted by Gasteiger charge is -2.15. The first-order chi connectivity index (χ1) is 8.52. The predicted octanol–water partition coefficient (Wildman–Crippen LogP) is 2.78. The van der Waals surface area contributed by atoms with Crippen molar-refractivity contribution in [2.75, 3.05) is 6.54 Å². The molecule has 1 unspecified atom stereocenters. The van der Waals surface area contributed by atoms with E-state index >= 15 is 0 Å². The van der Waals surface area contributed by atoms with Crippen LogP contribution in [0.15, 0.2) is 24.3 Å². The molecule has 0 bridgehead atoms. The number of hydrogen-bond donors (Lipinski definition) is 1. The second-order valence-corrected chi connectivity index (χ2v) is 5.08. The standard InChI is InChI=1S/C15H23NO2/c1-11(2)9-12(3)18-15(17)14-6-4-5-13(10-14)7-8-16/h4-6,10-12H,7-9,16H2,1-3H3. The van der Waals surface area contributed by atoms with Crippen LogP contribution in [0.25, 0.3) is 0 Å². The molecule has 0 aliphatic heterocycles. The molecule has 0 aliphatic carbocycles. The Morgan fingerprint density at radius 3 is 2.67 bits per heavy atom. The van der Waals surface area contributed by atoms with Gasteiger partial charge in [-0.3, -0.25) is 0 Å². The molecule has 3 heteroatoms. The predicted molar refractivity (Wildman–Crippen MR) is 73.5 cm³/mol. The van der Waals surface area contributed by atoms with Crippen molar-refractivity contribution in [1.82, 2.24) is 0 Å². The van der Waals surface area contributed by atoms with Gasteiger partial charge in [0.2, 0.25) is 0 Å². The number of benzene rings is 1. The molecule has 100 valence electrons. The molecule has 0 fully saturated rings. The molecular weight excluding hydrogens is 226 g/mol. The monoisotopic (exact) mass is 249 g/mol. The average Bonchev–Trinajstić information content (AvgIpc) is 2.28. The van der Waals surface area contributed by atoms with Crippen LogP contribution in [0.2, 0.25) is 0 Å². The number of carbonyl (C=O) groups excluding carboxylic acids is 1. The van der Waals surface area contributed by atoms with E-state index in [0.29, 0.717) is 18.0 Å². The molecule has 0 aromatic heterocycles. The van der Waals surface area contributed by atoms with Crippen LogP contribution in [-0.4, -0.2) is 18.6 Å². The summed E-state index contributed by atoms with van der Waals surface area (Å²) in [6.45, 7) is 6.75. The molecule has 1 aromatic carbocycles. The molecule has 0 amide bonds. The van der Waals surface area contributed by atoms with E-state index in [1.165, 1.54) is 0 Å². The quantitative estimate of drug-likeness (QED) is 0.789. The number of esters is 1. The molecule has 3 nitrogen and oxygen atoms in total. The molecule has 0 radical (unpaired) electrons. The summed E-state index contributed by atoms with van der Waals surface area (Å²) < 4.78 is 5.41. The van der Waals surface area contributed by atoms with Gasteiger partial charge in [-0.1, -0.05) is 26.0 Å². The Balaban J connectivity index is 2.63. The summed E-state index contributed by atoms with van der Waals surface area (Å²) in [4.78, 5) is 11.9. The summed E-state index contributed by atoms with van der Waals surface area (Å²) in [5.41, 5.74) is 7.19. The van der Waals surface area contributed by atoms with Gasteiger partial charge in [-0.05, 0) is 49.9 Å². The zero-order valence-corrected chi connectivity index (χ0v) is 11.5. The highest BCUT2D eigenvalue weighted by Gasteiger charge is 2.13. The zero-order chi connectivity index (χ0) is 13.5. The minimum atomic E-state index is -0.248. The van der Waals surface area contributed by atoms with Gasteiger partial charge in [0.05, 0.1) is 11.7 Å². The van der Waals surface area contributed by atoms with Gasteiger partial charge >= 0.3 is 5.97 Å². The van der Waals surface area contributed by atoms with E-state index in [9.17, 15) is 4.79 Å². The average molecular weight is 249 g/mol. The SMILES string of the molecule is CC(C)CC(C)OC(=O)c1cccc(CCN)c1. The van der Waals surface area contributed by atoms with Crippen LogP contribution in [0.3, 0.4) is 0 Å². The summed E-state index contributed by atoms with van der Waals surface area (Å²) in [7, 11) is 0. The highest BCUT2D eigenvalue weighted by molar-refractivity contribution is 5.89. The van der Waals surface area contributed by atoms with Gasteiger partial charge in [-0.15, -0.1) is 0 Å². The van der Waals surface area contributed by atoms with E-state index in [2.05, 4.69) is 13.8 Å². The number of nitrogens with two attached hydrogens (primary N) is 1. The summed E-state index contributed by atoms with van der Waals surface area (Å²) >= 11 is 0. The van der Waals surface area contributed by atoms with Gasteiger partial charge in [0.15, 0.2) is 0 Å². The van der Waals surface area contributed by atoms with Crippen LogP contribution in [0, 0.1) is 5.92 Å². The van der Waals surface area contributed by atoms with E-state index in [0.717, 1.165) is 18.4 Å². The fraction of sp³-hybridized carbons (Fsp3) is 0.533. The molecule has 2 N–H and O–H groups in total. The Labute approximate surface area is 109 Å². The second kappa shape index (κ2) is 7.17.